The van der Waals surface area contributed by atoms with Crippen molar-refractivity contribution in [2.45, 2.75) is 0 Å². The van der Waals surface area contributed by atoms with Gasteiger partial charge in [-0.25, -0.2) is 4.98 Å². The summed E-state index contributed by atoms with van der Waals surface area (Å²) in [6.07, 6.45) is 1.85. The summed E-state index contributed by atoms with van der Waals surface area (Å²) in [6, 6.07) is 72.4. The van der Waals surface area contributed by atoms with Gasteiger partial charge in [-0.15, -0.1) is 0 Å². The van der Waals surface area contributed by atoms with Gasteiger partial charge in [0.1, 0.15) is 0 Å². The maximum absolute atomic E-state index is 5.27. The fourth-order valence-corrected chi connectivity index (χ4v) is 8.72. The minimum Gasteiger partial charge on any atom is -0.254 e. The third-order valence-corrected chi connectivity index (χ3v) is 11.3. The topological polar surface area (TPSA) is 25.8 Å². The molecule has 0 aliphatic rings. The van der Waals surface area contributed by atoms with E-state index in [-0.39, 0.29) is 0 Å². The van der Waals surface area contributed by atoms with Gasteiger partial charge in [-0.3, -0.25) is 4.98 Å². The smallest absolute Gasteiger partial charge is 0.0972 e. The molecule has 2 heteroatoms. The van der Waals surface area contributed by atoms with Crippen molar-refractivity contribution in [3.05, 3.63) is 206 Å². The fraction of sp³-hybridized carbons (Fsp3) is 0. The Hall–Kier alpha value is -7.42. The van der Waals surface area contributed by atoms with Crippen LogP contribution in [0, 0.1) is 0 Å². The molecule has 0 N–H and O–H groups in total. The zero-order valence-corrected chi connectivity index (χ0v) is 30.5. The lowest BCUT2D eigenvalue weighted by Gasteiger charge is -2.20. The number of pyridine rings is 2. The highest BCUT2D eigenvalue weighted by Gasteiger charge is 2.20. The Morgan fingerprint density at radius 2 is 0.768 bits per heavy atom. The Morgan fingerprint density at radius 3 is 1.39 bits per heavy atom. The van der Waals surface area contributed by atoms with Crippen LogP contribution in [0.5, 0.6) is 0 Å². The van der Waals surface area contributed by atoms with E-state index >= 15 is 0 Å². The van der Waals surface area contributed by atoms with Crippen molar-refractivity contribution in [1.82, 2.24) is 9.97 Å². The number of nitrogens with zero attached hydrogens (tertiary/aromatic N) is 2. The molecule has 0 spiro atoms. The predicted octanol–water partition coefficient (Wildman–Crippen LogP) is 14.6. The van der Waals surface area contributed by atoms with E-state index in [1.54, 1.807) is 0 Å². The maximum Gasteiger partial charge on any atom is 0.0972 e. The van der Waals surface area contributed by atoms with Crippen molar-refractivity contribution in [3.8, 4) is 55.8 Å². The molecule has 0 saturated carbocycles. The van der Waals surface area contributed by atoms with Gasteiger partial charge in [0, 0.05) is 22.5 Å². The second kappa shape index (κ2) is 13.2. The largest absolute Gasteiger partial charge is 0.254 e. The van der Waals surface area contributed by atoms with Crippen LogP contribution in [-0.4, -0.2) is 9.97 Å². The van der Waals surface area contributed by atoms with Crippen molar-refractivity contribution in [2.24, 2.45) is 0 Å². The van der Waals surface area contributed by atoms with Gasteiger partial charge in [0.25, 0.3) is 0 Å². The lowest BCUT2D eigenvalue weighted by atomic mass is 9.83. The molecule has 0 radical (unpaired) electrons. The summed E-state index contributed by atoms with van der Waals surface area (Å²) < 4.78 is 0. The molecule has 0 aliphatic heterocycles. The first kappa shape index (κ1) is 32.0. The Bertz CT molecular complexity index is 3180. The van der Waals surface area contributed by atoms with Crippen molar-refractivity contribution >= 4 is 54.1 Å². The molecule has 0 unspecified atom stereocenters. The lowest BCUT2D eigenvalue weighted by Crippen LogP contribution is -1.93. The molecule has 11 rings (SSSR count). The van der Waals surface area contributed by atoms with E-state index in [4.69, 9.17) is 9.97 Å². The molecule has 0 aliphatic carbocycles. The Kier molecular flexibility index (Phi) is 7.53. The number of hydrogen-bond donors (Lipinski definition) is 0. The van der Waals surface area contributed by atoms with Crippen LogP contribution >= 0.6 is 0 Å². The van der Waals surface area contributed by atoms with Gasteiger partial charge in [-0.05, 0) is 107 Å². The molecule has 0 bridgehead atoms. The van der Waals surface area contributed by atoms with Gasteiger partial charge < -0.3 is 0 Å². The second-order valence-electron chi connectivity index (χ2n) is 14.5. The van der Waals surface area contributed by atoms with E-state index in [9.17, 15) is 0 Å². The summed E-state index contributed by atoms with van der Waals surface area (Å²) in [5.41, 5.74) is 13.6. The zero-order valence-electron chi connectivity index (χ0n) is 30.5. The first-order valence-corrected chi connectivity index (χ1v) is 19.2. The van der Waals surface area contributed by atoms with Crippen molar-refractivity contribution in [1.29, 1.82) is 0 Å². The van der Waals surface area contributed by atoms with E-state index < -0.39 is 0 Å². The van der Waals surface area contributed by atoms with E-state index in [1.165, 1.54) is 76.8 Å². The van der Waals surface area contributed by atoms with Crippen LogP contribution in [0.1, 0.15) is 0 Å². The Balaban J connectivity index is 1.16. The molecule has 0 atom stereocenters. The van der Waals surface area contributed by atoms with E-state index in [2.05, 4.69) is 194 Å². The van der Waals surface area contributed by atoms with Gasteiger partial charge in [-0.1, -0.05) is 170 Å². The summed E-state index contributed by atoms with van der Waals surface area (Å²) in [6.45, 7) is 0. The number of rotatable bonds is 5. The predicted molar refractivity (Wildman–Crippen MR) is 237 cm³/mol. The molecular formula is C54H34N2. The number of fused-ring (bicyclic) bond motifs is 6. The van der Waals surface area contributed by atoms with Crippen LogP contribution in [0.3, 0.4) is 0 Å². The summed E-state index contributed by atoms with van der Waals surface area (Å²) in [5, 5.41) is 9.47. The molecule has 11 aromatic rings. The van der Waals surface area contributed by atoms with Gasteiger partial charge in [0.2, 0.25) is 0 Å². The molecule has 0 saturated heterocycles. The third kappa shape index (κ3) is 5.26. The van der Waals surface area contributed by atoms with Crippen molar-refractivity contribution in [3.63, 3.8) is 0 Å². The molecule has 2 heterocycles. The van der Waals surface area contributed by atoms with Crippen LogP contribution in [-0.2, 0) is 0 Å². The van der Waals surface area contributed by atoms with Gasteiger partial charge in [0.15, 0.2) is 0 Å². The molecule has 2 nitrogen and oxygen atoms in total. The fourth-order valence-electron chi connectivity index (χ4n) is 8.72. The average Bonchev–Trinajstić information content (AvgIpc) is 3.28. The maximum atomic E-state index is 5.27. The summed E-state index contributed by atoms with van der Waals surface area (Å²) in [4.78, 5) is 9.99. The molecule has 0 fully saturated rings. The molecular weight excluding hydrogens is 677 g/mol. The van der Waals surface area contributed by atoms with E-state index in [1.807, 2.05) is 12.3 Å². The number of hydrogen-bond acceptors (Lipinski definition) is 2. The highest BCUT2D eigenvalue weighted by molar-refractivity contribution is 6.24. The van der Waals surface area contributed by atoms with Crippen LogP contribution in [0.4, 0.5) is 0 Å². The van der Waals surface area contributed by atoms with E-state index in [0.29, 0.717) is 0 Å². The standard InChI is InChI=1S/C54H34N2/c1-3-14-35(15-4-1)39-32-40(36-16-5-2-6-17-36)34-41(33-39)51-46-19-7-9-21-48(46)52(49-22-10-8-20-47(49)51)45-26-12-23-42-43(45)24-11-25-44(42)50-30-29-38-28-27-37-18-13-31-55-53(37)54(38)56-50/h1-34H. The highest BCUT2D eigenvalue weighted by Crippen LogP contribution is 2.47. The van der Waals surface area contributed by atoms with Crippen LogP contribution in [0.2, 0.25) is 0 Å². The number of benzene rings is 9. The van der Waals surface area contributed by atoms with Crippen molar-refractivity contribution < 1.29 is 0 Å². The molecule has 9 aromatic carbocycles. The zero-order chi connectivity index (χ0) is 37.0. The van der Waals surface area contributed by atoms with Crippen LogP contribution in [0.25, 0.3) is 110 Å². The average molecular weight is 711 g/mol. The third-order valence-electron chi connectivity index (χ3n) is 11.3. The summed E-state index contributed by atoms with van der Waals surface area (Å²) in [7, 11) is 0. The quantitative estimate of drug-likeness (QED) is 0.131. The van der Waals surface area contributed by atoms with Gasteiger partial charge in [-0.2, -0.15) is 0 Å². The first-order chi connectivity index (χ1) is 27.8. The minimum absolute atomic E-state index is 0.924. The minimum atomic E-state index is 0.924. The first-order valence-electron chi connectivity index (χ1n) is 19.2. The van der Waals surface area contributed by atoms with E-state index in [0.717, 1.165) is 33.1 Å². The second-order valence-corrected chi connectivity index (χ2v) is 14.5. The van der Waals surface area contributed by atoms with Crippen LogP contribution < -0.4 is 0 Å². The highest BCUT2D eigenvalue weighted by atomic mass is 14.8. The van der Waals surface area contributed by atoms with Crippen LogP contribution in [0.15, 0.2) is 206 Å². The van der Waals surface area contributed by atoms with Gasteiger partial charge in [0.05, 0.1) is 16.7 Å². The lowest BCUT2D eigenvalue weighted by molar-refractivity contribution is 1.37. The molecule has 2 aromatic heterocycles. The Labute approximate surface area is 325 Å². The normalized spacial score (nSPS) is 11.6. The Morgan fingerprint density at radius 1 is 0.286 bits per heavy atom. The molecule has 0 amide bonds. The summed E-state index contributed by atoms with van der Waals surface area (Å²) >= 11 is 0. The molecule has 56 heavy (non-hydrogen) atoms. The molecule has 260 valence electrons. The monoisotopic (exact) mass is 710 g/mol. The van der Waals surface area contributed by atoms with Gasteiger partial charge >= 0.3 is 0 Å². The number of aromatic nitrogens is 2. The summed E-state index contributed by atoms with van der Waals surface area (Å²) in [5.74, 6) is 0. The van der Waals surface area contributed by atoms with Crippen molar-refractivity contribution in [2.75, 3.05) is 0 Å². The SMILES string of the molecule is c1ccc(-c2cc(-c3ccccc3)cc(-c3c4ccccc4c(-c4cccc5c(-c6ccc7ccc8cccnc8c7n6)cccc45)c4ccccc34)c2)cc1.